The van der Waals surface area contributed by atoms with Gasteiger partial charge in [-0.1, -0.05) is 0 Å². The van der Waals surface area contributed by atoms with Crippen LogP contribution in [0.1, 0.15) is 12.8 Å². The molecule has 1 heterocycles. The number of aromatic hydroxyl groups is 1. The van der Waals surface area contributed by atoms with E-state index in [2.05, 4.69) is 0 Å². The van der Waals surface area contributed by atoms with E-state index >= 15 is 0 Å². The molecule has 0 bridgehead atoms. The van der Waals surface area contributed by atoms with E-state index in [0.717, 1.165) is 6.42 Å². The Morgan fingerprint density at radius 2 is 2.29 bits per heavy atom. The standard InChI is InChI=1S/C12H15NO4/c1-17-11-5-4-8(7-10(11)14)13-6-2-3-9(13)12(15)16/h4-5,7,9,14H,2-3,6H2,1H3,(H,15,16). The number of carbonyl (C=O) groups is 1. The van der Waals surface area contributed by atoms with Crippen LogP contribution in [0.5, 0.6) is 11.5 Å². The van der Waals surface area contributed by atoms with Crippen LogP contribution in [0.2, 0.25) is 0 Å². The monoisotopic (exact) mass is 237 g/mol. The van der Waals surface area contributed by atoms with Crippen LogP contribution in [0, 0.1) is 0 Å². The minimum Gasteiger partial charge on any atom is -0.504 e. The zero-order valence-electron chi connectivity index (χ0n) is 9.59. The van der Waals surface area contributed by atoms with Crippen molar-refractivity contribution in [1.82, 2.24) is 0 Å². The Morgan fingerprint density at radius 1 is 1.53 bits per heavy atom. The van der Waals surface area contributed by atoms with Crippen molar-refractivity contribution in [3.63, 3.8) is 0 Å². The van der Waals surface area contributed by atoms with Crippen molar-refractivity contribution in [3.8, 4) is 11.5 Å². The normalized spacial score (nSPS) is 19.4. The number of hydrogen-bond donors (Lipinski definition) is 2. The predicted molar refractivity (Wildman–Crippen MR) is 62.7 cm³/mol. The Hall–Kier alpha value is -1.91. The Morgan fingerprint density at radius 3 is 2.88 bits per heavy atom. The van der Waals surface area contributed by atoms with Gasteiger partial charge in [-0.2, -0.15) is 0 Å². The number of methoxy groups -OCH3 is 1. The second-order valence-corrected chi connectivity index (χ2v) is 4.05. The molecule has 5 nitrogen and oxygen atoms in total. The molecule has 1 aliphatic rings. The predicted octanol–water partition coefficient (Wildman–Crippen LogP) is 1.45. The highest BCUT2D eigenvalue weighted by Gasteiger charge is 2.30. The second kappa shape index (κ2) is 4.53. The van der Waals surface area contributed by atoms with E-state index in [9.17, 15) is 9.90 Å². The summed E-state index contributed by atoms with van der Waals surface area (Å²) in [5.74, 6) is -0.404. The number of hydrogen-bond acceptors (Lipinski definition) is 4. The fourth-order valence-corrected chi connectivity index (χ4v) is 2.19. The fourth-order valence-electron chi connectivity index (χ4n) is 2.19. The maximum Gasteiger partial charge on any atom is 0.326 e. The van der Waals surface area contributed by atoms with E-state index in [-0.39, 0.29) is 5.75 Å². The third-order valence-electron chi connectivity index (χ3n) is 3.03. The number of phenolic OH excluding ortho intramolecular Hbond substituents is 1. The highest BCUT2D eigenvalue weighted by molar-refractivity contribution is 5.79. The number of phenols is 1. The number of rotatable bonds is 3. The number of ether oxygens (including phenoxy) is 1. The Bertz CT molecular complexity index is 433. The lowest BCUT2D eigenvalue weighted by atomic mass is 10.2. The van der Waals surface area contributed by atoms with Crippen molar-refractivity contribution in [1.29, 1.82) is 0 Å². The average Bonchev–Trinajstić information content (AvgIpc) is 2.77. The van der Waals surface area contributed by atoms with Crippen molar-refractivity contribution in [2.75, 3.05) is 18.6 Å². The lowest BCUT2D eigenvalue weighted by Crippen LogP contribution is -2.35. The van der Waals surface area contributed by atoms with E-state index in [1.807, 2.05) is 0 Å². The number of aliphatic carboxylic acids is 1. The minimum atomic E-state index is -0.821. The van der Waals surface area contributed by atoms with Gasteiger partial charge in [0.15, 0.2) is 11.5 Å². The van der Waals surface area contributed by atoms with Gasteiger partial charge < -0.3 is 19.8 Å². The van der Waals surface area contributed by atoms with Gasteiger partial charge >= 0.3 is 5.97 Å². The quantitative estimate of drug-likeness (QED) is 0.832. The summed E-state index contributed by atoms with van der Waals surface area (Å²) in [5, 5.41) is 18.8. The van der Waals surface area contributed by atoms with Crippen molar-refractivity contribution >= 4 is 11.7 Å². The summed E-state index contributed by atoms with van der Waals surface area (Å²) in [7, 11) is 1.48. The highest BCUT2D eigenvalue weighted by atomic mass is 16.5. The lowest BCUT2D eigenvalue weighted by molar-refractivity contribution is -0.138. The van der Waals surface area contributed by atoms with Gasteiger partial charge in [0.25, 0.3) is 0 Å². The van der Waals surface area contributed by atoms with Crippen LogP contribution >= 0.6 is 0 Å². The first-order chi connectivity index (χ1) is 8.13. The fraction of sp³-hybridized carbons (Fsp3) is 0.417. The van der Waals surface area contributed by atoms with Crippen LogP contribution in [-0.4, -0.2) is 35.9 Å². The summed E-state index contributed by atoms with van der Waals surface area (Å²) in [6.07, 6.45) is 1.49. The molecule has 1 fully saturated rings. The van der Waals surface area contributed by atoms with Gasteiger partial charge in [-0.3, -0.25) is 0 Å². The van der Waals surface area contributed by atoms with Gasteiger partial charge in [0.05, 0.1) is 7.11 Å². The van der Waals surface area contributed by atoms with E-state index < -0.39 is 12.0 Å². The molecule has 2 rings (SSSR count). The molecular weight excluding hydrogens is 222 g/mol. The lowest BCUT2D eigenvalue weighted by Gasteiger charge is -2.24. The molecule has 5 heteroatoms. The summed E-state index contributed by atoms with van der Waals surface area (Å²) in [5.41, 5.74) is 0.716. The molecule has 0 amide bonds. The molecule has 1 aliphatic heterocycles. The summed E-state index contributed by atoms with van der Waals surface area (Å²) in [4.78, 5) is 12.9. The first kappa shape index (κ1) is 11.6. The third-order valence-corrected chi connectivity index (χ3v) is 3.03. The molecule has 0 aromatic heterocycles. The van der Waals surface area contributed by atoms with Crippen LogP contribution in [0.15, 0.2) is 18.2 Å². The van der Waals surface area contributed by atoms with Crippen molar-refractivity contribution in [2.45, 2.75) is 18.9 Å². The van der Waals surface area contributed by atoms with E-state index in [1.54, 1.807) is 23.1 Å². The van der Waals surface area contributed by atoms with Crippen LogP contribution < -0.4 is 9.64 Å². The van der Waals surface area contributed by atoms with Crippen LogP contribution in [0.3, 0.4) is 0 Å². The van der Waals surface area contributed by atoms with E-state index in [1.165, 1.54) is 7.11 Å². The summed E-state index contributed by atoms with van der Waals surface area (Å²) < 4.78 is 4.95. The summed E-state index contributed by atoms with van der Waals surface area (Å²) >= 11 is 0. The smallest absolute Gasteiger partial charge is 0.326 e. The molecule has 0 radical (unpaired) electrons. The number of nitrogens with zero attached hydrogens (tertiary/aromatic N) is 1. The number of benzene rings is 1. The third kappa shape index (κ3) is 2.13. The van der Waals surface area contributed by atoms with Gasteiger partial charge in [0, 0.05) is 18.3 Å². The number of carboxylic acid groups (broad SMARTS) is 1. The SMILES string of the molecule is COc1ccc(N2CCCC2C(=O)O)cc1O. The summed E-state index contributed by atoms with van der Waals surface area (Å²) in [6, 6.07) is 4.45. The Balaban J connectivity index is 2.27. The van der Waals surface area contributed by atoms with Crippen molar-refractivity contribution in [2.24, 2.45) is 0 Å². The molecular formula is C12H15NO4. The van der Waals surface area contributed by atoms with E-state index in [0.29, 0.717) is 24.4 Å². The van der Waals surface area contributed by atoms with Gasteiger partial charge in [-0.15, -0.1) is 0 Å². The maximum absolute atomic E-state index is 11.1. The minimum absolute atomic E-state index is 0.0287. The molecule has 2 N–H and O–H groups in total. The van der Waals surface area contributed by atoms with Crippen LogP contribution in [0.25, 0.3) is 0 Å². The topological polar surface area (TPSA) is 70.0 Å². The number of anilines is 1. The number of carboxylic acids is 1. The Kier molecular flexibility index (Phi) is 3.08. The van der Waals surface area contributed by atoms with Gasteiger partial charge in [0.1, 0.15) is 6.04 Å². The summed E-state index contributed by atoms with van der Waals surface area (Å²) in [6.45, 7) is 0.697. The van der Waals surface area contributed by atoms with Gasteiger partial charge in [-0.25, -0.2) is 4.79 Å². The van der Waals surface area contributed by atoms with Crippen LogP contribution in [-0.2, 0) is 4.79 Å². The maximum atomic E-state index is 11.1. The molecule has 92 valence electrons. The highest BCUT2D eigenvalue weighted by Crippen LogP contribution is 2.33. The zero-order valence-corrected chi connectivity index (χ0v) is 9.59. The zero-order chi connectivity index (χ0) is 12.4. The molecule has 0 spiro atoms. The largest absolute Gasteiger partial charge is 0.504 e. The first-order valence-corrected chi connectivity index (χ1v) is 5.50. The molecule has 17 heavy (non-hydrogen) atoms. The molecule has 1 unspecified atom stereocenters. The molecule has 1 aromatic carbocycles. The second-order valence-electron chi connectivity index (χ2n) is 4.05. The van der Waals surface area contributed by atoms with Crippen molar-refractivity contribution < 1.29 is 19.7 Å². The average molecular weight is 237 g/mol. The van der Waals surface area contributed by atoms with Gasteiger partial charge in [0.2, 0.25) is 0 Å². The first-order valence-electron chi connectivity index (χ1n) is 5.50. The van der Waals surface area contributed by atoms with E-state index in [4.69, 9.17) is 9.84 Å². The van der Waals surface area contributed by atoms with Gasteiger partial charge in [-0.05, 0) is 25.0 Å². The molecule has 1 aromatic rings. The molecule has 1 saturated heterocycles. The van der Waals surface area contributed by atoms with Crippen molar-refractivity contribution in [3.05, 3.63) is 18.2 Å². The molecule has 1 atom stereocenters. The molecule has 0 saturated carbocycles. The molecule has 0 aliphatic carbocycles. The Labute approximate surface area is 99.2 Å². The van der Waals surface area contributed by atoms with Crippen LogP contribution in [0.4, 0.5) is 5.69 Å².